The zero-order valence-electron chi connectivity index (χ0n) is 6.89. The topological polar surface area (TPSA) is 26.8 Å². The summed E-state index contributed by atoms with van der Waals surface area (Å²) in [6.07, 6.45) is 0.692. The summed E-state index contributed by atoms with van der Waals surface area (Å²) in [5.74, 6) is 0. The van der Waals surface area contributed by atoms with Gasteiger partial charge in [0.25, 0.3) is 0 Å². The SMILES string of the molecule is CC(C)(C)N1C[C@@H]1CC#N. The Kier molecular flexibility index (Phi) is 1.70. The molecule has 0 aromatic carbocycles. The molecule has 1 saturated heterocycles. The molecule has 0 spiro atoms. The molecular formula is C8H14N2. The van der Waals surface area contributed by atoms with E-state index in [0.717, 1.165) is 6.54 Å². The molecule has 0 aliphatic carbocycles. The Morgan fingerprint density at radius 1 is 1.60 bits per heavy atom. The first-order valence-corrected chi connectivity index (χ1v) is 3.69. The molecule has 0 radical (unpaired) electrons. The molecule has 1 rings (SSSR count). The molecule has 1 unspecified atom stereocenters. The fourth-order valence-corrected chi connectivity index (χ4v) is 1.28. The van der Waals surface area contributed by atoms with E-state index < -0.39 is 0 Å². The van der Waals surface area contributed by atoms with Crippen LogP contribution in [-0.2, 0) is 0 Å². The van der Waals surface area contributed by atoms with E-state index in [1.165, 1.54) is 0 Å². The molecule has 2 atom stereocenters. The number of nitriles is 1. The van der Waals surface area contributed by atoms with Gasteiger partial charge in [0.2, 0.25) is 0 Å². The Balaban J connectivity index is 2.33. The molecule has 1 fully saturated rings. The fourth-order valence-electron chi connectivity index (χ4n) is 1.28. The van der Waals surface area contributed by atoms with Gasteiger partial charge in [-0.3, -0.25) is 4.90 Å². The van der Waals surface area contributed by atoms with Crippen LogP contribution in [0.2, 0.25) is 0 Å². The highest BCUT2D eigenvalue weighted by Crippen LogP contribution is 2.30. The fraction of sp³-hybridized carbons (Fsp3) is 0.875. The highest BCUT2D eigenvalue weighted by molar-refractivity contribution is 5.01. The van der Waals surface area contributed by atoms with Gasteiger partial charge in [-0.15, -0.1) is 0 Å². The maximum atomic E-state index is 8.38. The Bertz CT molecular complexity index is 161. The molecule has 56 valence electrons. The lowest BCUT2D eigenvalue weighted by molar-refractivity contribution is 0.287. The van der Waals surface area contributed by atoms with Crippen molar-refractivity contribution in [3.63, 3.8) is 0 Å². The first kappa shape index (κ1) is 7.56. The summed E-state index contributed by atoms with van der Waals surface area (Å²) in [4.78, 5) is 2.34. The summed E-state index contributed by atoms with van der Waals surface area (Å²) in [6, 6.07) is 2.74. The van der Waals surface area contributed by atoms with E-state index in [9.17, 15) is 0 Å². The van der Waals surface area contributed by atoms with E-state index in [2.05, 4.69) is 31.7 Å². The van der Waals surface area contributed by atoms with Crippen LogP contribution in [0.5, 0.6) is 0 Å². The van der Waals surface area contributed by atoms with E-state index >= 15 is 0 Å². The van der Waals surface area contributed by atoms with Gasteiger partial charge in [-0.05, 0) is 20.8 Å². The predicted octanol–water partition coefficient (Wildman–Crippen LogP) is 1.38. The summed E-state index contributed by atoms with van der Waals surface area (Å²) in [7, 11) is 0. The molecule has 0 aromatic heterocycles. The van der Waals surface area contributed by atoms with Crippen LogP contribution in [0.4, 0.5) is 0 Å². The summed E-state index contributed by atoms with van der Waals surface area (Å²) in [5, 5.41) is 8.38. The molecule has 1 heterocycles. The van der Waals surface area contributed by atoms with Gasteiger partial charge in [-0.1, -0.05) is 0 Å². The van der Waals surface area contributed by atoms with Crippen molar-refractivity contribution in [1.82, 2.24) is 4.90 Å². The molecule has 1 aliphatic heterocycles. The Labute approximate surface area is 62.4 Å². The van der Waals surface area contributed by atoms with Crippen LogP contribution in [0.3, 0.4) is 0 Å². The van der Waals surface area contributed by atoms with Gasteiger partial charge in [-0.25, -0.2) is 0 Å². The number of nitrogens with zero attached hydrogens (tertiary/aromatic N) is 2. The largest absolute Gasteiger partial charge is 0.292 e. The smallest absolute Gasteiger partial charge is 0.0638 e. The van der Waals surface area contributed by atoms with E-state index in [1.54, 1.807) is 0 Å². The van der Waals surface area contributed by atoms with Crippen LogP contribution in [0, 0.1) is 11.3 Å². The van der Waals surface area contributed by atoms with Gasteiger partial charge in [0.1, 0.15) is 0 Å². The second-order valence-electron chi connectivity index (χ2n) is 3.84. The Hall–Kier alpha value is -0.550. The van der Waals surface area contributed by atoms with Crippen LogP contribution in [0.25, 0.3) is 0 Å². The third-order valence-corrected chi connectivity index (χ3v) is 1.90. The van der Waals surface area contributed by atoms with Crippen molar-refractivity contribution >= 4 is 0 Å². The lowest BCUT2D eigenvalue weighted by atomic mass is 10.1. The van der Waals surface area contributed by atoms with Crippen LogP contribution in [-0.4, -0.2) is 23.0 Å². The van der Waals surface area contributed by atoms with Crippen molar-refractivity contribution in [2.45, 2.75) is 38.8 Å². The average molecular weight is 138 g/mol. The number of rotatable bonds is 1. The minimum atomic E-state index is 0.265. The zero-order valence-corrected chi connectivity index (χ0v) is 6.89. The van der Waals surface area contributed by atoms with E-state index in [4.69, 9.17) is 5.26 Å². The van der Waals surface area contributed by atoms with Crippen LogP contribution in [0.1, 0.15) is 27.2 Å². The maximum Gasteiger partial charge on any atom is 0.0638 e. The minimum Gasteiger partial charge on any atom is -0.292 e. The summed E-state index contributed by atoms with van der Waals surface area (Å²) in [6.45, 7) is 7.66. The van der Waals surface area contributed by atoms with Gasteiger partial charge in [0.05, 0.1) is 12.5 Å². The normalized spacial score (nSPS) is 31.4. The summed E-state index contributed by atoms with van der Waals surface area (Å²) in [5.41, 5.74) is 0.265. The summed E-state index contributed by atoms with van der Waals surface area (Å²) >= 11 is 0. The lowest BCUT2D eigenvalue weighted by Gasteiger charge is -2.20. The standard InChI is InChI=1S/C8H14N2/c1-8(2,3)10-6-7(10)4-5-9/h7H,4,6H2,1-3H3/t7-,10?/m0/s1. The molecule has 2 nitrogen and oxygen atoms in total. The van der Waals surface area contributed by atoms with Gasteiger partial charge in [0, 0.05) is 18.1 Å². The monoisotopic (exact) mass is 138 g/mol. The third kappa shape index (κ3) is 1.48. The second kappa shape index (κ2) is 2.25. The number of hydrogen-bond acceptors (Lipinski definition) is 2. The van der Waals surface area contributed by atoms with Crippen LogP contribution >= 0.6 is 0 Å². The highest BCUT2D eigenvalue weighted by atomic mass is 15.3. The minimum absolute atomic E-state index is 0.265. The first-order chi connectivity index (χ1) is 4.55. The highest BCUT2D eigenvalue weighted by Gasteiger charge is 2.41. The molecular weight excluding hydrogens is 124 g/mol. The maximum absolute atomic E-state index is 8.38. The first-order valence-electron chi connectivity index (χ1n) is 3.69. The second-order valence-corrected chi connectivity index (χ2v) is 3.84. The average Bonchev–Trinajstić information content (AvgIpc) is 2.44. The molecule has 0 N–H and O–H groups in total. The lowest BCUT2D eigenvalue weighted by Crippen LogP contribution is -2.27. The van der Waals surface area contributed by atoms with Gasteiger partial charge < -0.3 is 0 Å². The van der Waals surface area contributed by atoms with Crippen LogP contribution < -0.4 is 0 Å². The van der Waals surface area contributed by atoms with E-state index in [-0.39, 0.29) is 5.54 Å². The van der Waals surface area contributed by atoms with Crippen molar-refractivity contribution in [1.29, 1.82) is 5.26 Å². The van der Waals surface area contributed by atoms with Crippen LogP contribution in [0.15, 0.2) is 0 Å². The molecule has 1 aliphatic rings. The van der Waals surface area contributed by atoms with Gasteiger partial charge in [0.15, 0.2) is 0 Å². The Morgan fingerprint density at radius 3 is 2.50 bits per heavy atom. The predicted molar refractivity (Wildman–Crippen MR) is 40.5 cm³/mol. The molecule has 0 saturated carbocycles. The quantitative estimate of drug-likeness (QED) is 0.512. The number of hydrogen-bond donors (Lipinski definition) is 0. The zero-order chi connectivity index (χ0) is 7.78. The molecule has 10 heavy (non-hydrogen) atoms. The Morgan fingerprint density at radius 2 is 2.20 bits per heavy atom. The molecule has 2 heteroatoms. The van der Waals surface area contributed by atoms with E-state index in [0.29, 0.717) is 12.5 Å². The van der Waals surface area contributed by atoms with Crippen molar-refractivity contribution < 1.29 is 0 Å². The van der Waals surface area contributed by atoms with Crippen molar-refractivity contribution in [3.8, 4) is 6.07 Å². The van der Waals surface area contributed by atoms with Gasteiger partial charge in [-0.2, -0.15) is 5.26 Å². The van der Waals surface area contributed by atoms with Crippen molar-refractivity contribution in [3.05, 3.63) is 0 Å². The van der Waals surface area contributed by atoms with Crippen molar-refractivity contribution in [2.24, 2.45) is 0 Å². The van der Waals surface area contributed by atoms with Gasteiger partial charge >= 0.3 is 0 Å². The molecule has 0 aromatic rings. The van der Waals surface area contributed by atoms with E-state index in [1.807, 2.05) is 0 Å². The third-order valence-electron chi connectivity index (χ3n) is 1.90. The molecule has 0 amide bonds. The summed E-state index contributed by atoms with van der Waals surface area (Å²) < 4.78 is 0. The molecule has 0 bridgehead atoms. The van der Waals surface area contributed by atoms with Crippen molar-refractivity contribution in [2.75, 3.05) is 6.54 Å².